The van der Waals surface area contributed by atoms with Gasteiger partial charge >= 0.3 is 41.3 Å². The molecule has 0 bridgehead atoms. The summed E-state index contributed by atoms with van der Waals surface area (Å²) in [5.41, 5.74) is 1.11. The van der Waals surface area contributed by atoms with Crippen molar-refractivity contribution in [3.8, 4) is 0 Å². The Morgan fingerprint density at radius 3 is 2.62 bits per heavy atom. The van der Waals surface area contributed by atoms with Gasteiger partial charge < -0.3 is 24.7 Å². The minimum atomic E-state index is -4.86. The minimum absolute atomic E-state index is 0. The first-order chi connectivity index (χ1) is 11.8. The van der Waals surface area contributed by atoms with Crippen LogP contribution in [0.2, 0.25) is 0 Å². The summed E-state index contributed by atoms with van der Waals surface area (Å²) in [5, 5.41) is 2.60. The SMILES string of the molecule is O=C(Nc1ccc2[nH]c(=O)[nH]c2c1)N1CC[C@@H]2[C@H]1C(=O)N2S(=O)(=O)[O-].[Na+]. The predicted molar refractivity (Wildman–Crippen MR) is 83.4 cm³/mol. The van der Waals surface area contributed by atoms with Crippen molar-refractivity contribution >= 4 is 39.0 Å². The number of benzene rings is 1. The molecule has 2 saturated heterocycles. The second-order valence-electron chi connectivity index (χ2n) is 5.86. The molecule has 2 atom stereocenters. The first-order valence-electron chi connectivity index (χ1n) is 7.34. The summed E-state index contributed by atoms with van der Waals surface area (Å²) in [6.07, 6.45) is 0.218. The van der Waals surface area contributed by atoms with E-state index in [1.165, 1.54) is 4.90 Å². The predicted octanol–water partition coefficient (Wildman–Crippen LogP) is -3.86. The average Bonchev–Trinajstić information content (AvgIpc) is 3.04. The number of nitrogens with one attached hydrogen (secondary N) is 3. The Balaban J connectivity index is 0.00000196. The molecule has 1 aromatic carbocycles. The number of imidazole rings is 1. The fourth-order valence-corrected chi connectivity index (χ4v) is 4.22. The van der Waals surface area contributed by atoms with Gasteiger partial charge in [-0.15, -0.1) is 0 Å². The zero-order chi connectivity index (χ0) is 17.9. The first kappa shape index (κ1) is 18.9. The van der Waals surface area contributed by atoms with E-state index < -0.39 is 34.3 Å². The molecular weight excluding hydrogens is 377 g/mol. The number of fused-ring (bicyclic) bond motifs is 2. The first-order valence-corrected chi connectivity index (χ1v) is 8.71. The summed E-state index contributed by atoms with van der Waals surface area (Å²) in [7, 11) is -4.86. The minimum Gasteiger partial charge on any atom is -0.731 e. The van der Waals surface area contributed by atoms with Crippen LogP contribution < -0.4 is 40.6 Å². The van der Waals surface area contributed by atoms with E-state index in [-0.39, 0.29) is 48.2 Å². The fourth-order valence-electron chi connectivity index (χ4n) is 3.34. The maximum atomic E-state index is 12.4. The molecule has 3 heterocycles. The monoisotopic (exact) mass is 389 g/mol. The smallest absolute Gasteiger partial charge is 0.731 e. The van der Waals surface area contributed by atoms with E-state index in [1.807, 2.05) is 0 Å². The number of β-lactam (4-membered cyclic amide) rings is 1. The maximum Gasteiger partial charge on any atom is 1.00 e. The van der Waals surface area contributed by atoms with Gasteiger partial charge in [-0.1, -0.05) is 0 Å². The number of amides is 3. The van der Waals surface area contributed by atoms with Crippen molar-refractivity contribution in [1.29, 1.82) is 0 Å². The van der Waals surface area contributed by atoms with Gasteiger partial charge in [0, 0.05) is 12.2 Å². The molecule has 26 heavy (non-hydrogen) atoms. The van der Waals surface area contributed by atoms with Gasteiger partial charge in [0.2, 0.25) is 0 Å². The topological polar surface area (TPSA) is 158 Å². The third kappa shape index (κ3) is 2.93. The number of likely N-dealkylation sites (tertiary alicyclic amines) is 1. The number of hydrogen-bond donors (Lipinski definition) is 3. The van der Waals surface area contributed by atoms with Gasteiger partial charge in [0.1, 0.15) is 6.04 Å². The number of H-pyrrole nitrogens is 2. The number of urea groups is 1. The van der Waals surface area contributed by atoms with Gasteiger partial charge in [-0.25, -0.2) is 22.3 Å². The largest absolute Gasteiger partial charge is 1.00 e. The van der Waals surface area contributed by atoms with Crippen LogP contribution in [0.5, 0.6) is 0 Å². The molecule has 3 amide bonds. The number of hydrogen-bond acceptors (Lipinski definition) is 6. The van der Waals surface area contributed by atoms with E-state index in [0.717, 1.165) is 0 Å². The van der Waals surface area contributed by atoms with Crippen molar-refractivity contribution in [3.05, 3.63) is 28.7 Å². The molecule has 2 aliphatic rings. The molecule has 2 fully saturated rings. The zero-order valence-corrected chi connectivity index (χ0v) is 16.4. The van der Waals surface area contributed by atoms with Crippen LogP contribution in [-0.4, -0.2) is 62.7 Å². The quantitative estimate of drug-likeness (QED) is 0.271. The molecule has 0 radical (unpaired) electrons. The van der Waals surface area contributed by atoms with Crippen LogP contribution >= 0.6 is 0 Å². The van der Waals surface area contributed by atoms with Gasteiger partial charge in [-0.05, 0) is 24.6 Å². The molecule has 2 aliphatic heterocycles. The number of rotatable bonds is 2. The molecule has 3 N–H and O–H groups in total. The van der Waals surface area contributed by atoms with Crippen molar-refractivity contribution in [1.82, 2.24) is 19.2 Å². The van der Waals surface area contributed by atoms with E-state index in [9.17, 15) is 27.4 Å². The number of anilines is 1. The molecule has 13 heteroatoms. The van der Waals surface area contributed by atoms with Gasteiger partial charge in [0.15, 0.2) is 10.3 Å². The number of carbonyl (C=O) groups excluding carboxylic acids is 2. The van der Waals surface area contributed by atoms with Crippen LogP contribution in [0.1, 0.15) is 6.42 Å². The third-order valence-corrected chi connectivity index (χ3v) is 5.34. The van der Waals surface area contributed by atoms with Crippen molar-refractivity contribution in [3.63, 3.8) is 0 Å². The van der Waals surface area contributed by atoms with Gasteiger partial charge in [0.25, 0.3) is 5.91 Å². The summed E-state index contributed by atoms with van der Waals surface area (Å²) in [6.45, 7) is 0.155. The van der Waals surface area contributed by atoms with Gasteiger partial charge in [0.05, 0.1) is 17.1 Å². The summed E-state index contributed by atoms with van der Waals surface area (Å²) >= 11 is 0. The van der Waals surface area contributed by atoms with Crippen LogP contribution in [0.4, 0.5) is 10.5 Å². The second-order valence-corrected chi connectivity index (χ2v) is 7.10. The second kappa shape index (κ2) is 6.39. The molecule has 0 spiro atoms. The molecular formula is C13H12N5NaO6S. The van der Waals surface area contributed by atoms with Crippen LogP contribution in [0.15, 0.2) is 23.0 Å². The van der Waals surface area contributed by atoms with Crippen molar-refractivity contribution in [2.45, 2.75) is 18.5 Å². The van der Waals surface area contributed by atoms with Crippen LogP contribution in [0.25, 0.3) is 11.0 Å². The van der Waals surface area contributed by atoms with E-state index in [0.29, 0.717) is 21.0 Å². The van der Waals surface area contributed by atoms with E-state index in [4.69, 9.17) is 0 Å². The molecule has 1 aromatic heterocycles. The number of aromatic amines is 2. The Morgan fingerprint density at radius 2 is 1.92 bits per heavy atom. The normalized spacial score (nSPS) is 22.0. The molecule has 132 valence electrons. The van der Waals surface area contributed by atoms with Crippen molar-refractivity contribution in [2.24, 2.45) is 0 Å². The Hall–Kier alpha value is -1.86. The summed E-state index contributed by atoms with van der Waals surface area (Å²) in [6, 6.07) is 2.41. The Morgan fingerprint density at radius 1 is 1.23 bits per heavy atom. The Kier molecular flexibility index (Phi) is 4.65. The van der Waals surface area contributed by atoms with Gasteiger partial charge in [-0.3, -0.25) is 4.79 Å². The van der Waals surface area contributed by atoms with E-state index in [1.54, 1.807) is 18.2 Å². The number of aromatic nitrogens is 2. The zero-order valence-electron chi connectivity index (χ0n) is 13.6. The summed E-state index contributed by atoms with van der Waals surface area (Å²) in [4.78, 5) is 41.9. The molecule has 4 rings (SSSR count). The van der Waals surface area contributed by atoms with E-state index in [2.05, 4.69) is 15.3 Å². The molecule has 0 unspecified atom stereocenters. The molecule has 0 saturated carbocycles. The fraction of sp³-hybridized carbons (Fsp3) is 0.308. The van der Waals surface area contributed by atoms with Crippen LogP contribution in [-0.2, 0) is 15.1 Å². The van der Waals surface area contributed by atoms with E-state index >= 15 is 0 Å². The Bertz CT molecular complexity index is 1060. The van der Waals surface area contributed by atoms with Crippen molar-refractivity contribution < 1.29 is 52.1 Å². The van der Waals surface area contributed by atoms with Crippen LogP contribution in [0, 0.1) is 0 Å². The average molecular weight is 389 g/mol. The molecule has 0 aliphatic carbocycles. The number of carbonyl (C=O) groups is 2. The third-order valence-electron chi connectivity index (χ3n) is 4.41. The summed E-state index contributed by atoms with van der Waals surface area (Å²) in [5.74, 6) is -0.891. The summed E-state index contributed by atoms with van der Waals surface area (Å²) < 4.78 is 33.5. The Labute approximate surface area is 168 Å². The standard InChI is InChI=1S/C13H13N5O6S.Na/c19-11-10-9(18(11)25(22,23)24)3-4-17(10)13(21)14-6-1-2-7-8(5-6)16-12(20)15-7;/h1-2,5,9-10H,3-4H2,(H,14,21)(H2,15,16,20)(H,22,23,24);/q;+1/p-1/t9-,10+;/m1./s1. The van der Waals surface area contributed by atoms with Gasteiger partial charge in [-0.2, -0.15) is 0 Å². The maximum absolute atomic E-state index is 12.4. The number of nitrogens with zero attached hydrogens (tertiary/aromatic N) is 2. The molecule has 2 aromatic rings. The van der Waals surface area contributed by atoms with Crippen LogP contribution in [0.3, 0.4) is 0 Å². The van der Waals surface area contributed by atoms with Crippen molar-refractivity contribution in [2.75, 3.05) is 11.9 Å². The molecule has 11 nitrogen and oxygen atoms in total.